The number of carbonyl (C=O) groups excluding carboxylic acids is 2. The monoisotopic (exact) mass is 354 g/mol. The number of nitrogens with one attached hydrogen (secondary N) is 3. The van der Waals surface area contributed by atoms with Crippen LogP contribution in [0.25, 0.3) is 0 Å². The van der Waals surface area contributed by atoms with Crippen molar-refractivity contribution < 1.29 is 9.59 Å². The fourth-order valence-corrected chi connectivity index (χ4v) is 2.24. The van der Waals surface area contributed by atoms with Crippen LogP contribution in [0.1, 0.15) is 36.2 Å². The van der Waals surface area contributed by atoms with Gasteiger partial charge < -0.3 is 21.7 Å². The highest BCUT2D eigenvalue weighted by molar-refractivity contribution is 6.05. The average Bonchev–Trinajstić information content (AvgIpc) is 2.66. The Hall–Kier alpha value is -3.02. The van der Waals surface area contributed by atoms with Crippen LogP contribution in [0.4, 0.5) is 16.2 Å². The summed E-state index contributed by atoms with van der Waals surface area (Å²) in [6, 6.07) is 14.0. The summed E-state index contributed by atoms with van der Waals surface area (Å²) in [6.45, 7) is 5.24. The number of nitrogens with two attached hydrogens (primary N) is 1. The Kier molecular flexibility index (Phi) is 7.02. The van der Waals surface area contributed by atoms with Crippen molar-refractivity contribution in [3.63, 3.8) is 0 Å². The van der Waals surface area contributed by atoms with Crippen LogP contribution in [0.5, 0.6) is 0 Å². The van der Waals surface area contributed by atoms with Crippen molar-refractivity contribution in [2.45, 2.75) is 26.8 Å². The molecule has 0 aliphatic rings. The lowest BCUT2D eigenvalue weighted by Crippen LogP contribution is -2.37. The highest BCUT2D eigenvalue weighted by atomic mass is 16.2. The van der Waals surface area contributed by atoms with E-state index in [2.05, 4.69) is 29.8 Å². The molecule has 0 radical (unpaired) electrons. The second-order valence-corrected chi connectivity index (χ2v) is 6.32. The number of urea groups is 1. The molecular weight excluding hydrogens is 328 g/mol. The Morgan fingerprint density at radius 2 is 1.73 bits per heavy atom. The van der Waals surface area contributed by atoms with Gasteiger partial charge in [0.15, 0.2) is 0 Å². The summed E-state index contributed by atoms with van der Waals surface area (Å²) < 4.78 is 0. The summed E-state index contributed by atoms with van der Waals surface area (Å²) in [5, 5.41) is 8.43. The fraction of sp³-hybridized carbons (Fsp3) is 0.300. The molecular formula is C20H26N4O2. The van der Waals surface area contributed by atoms with Crippen LogP contribution >= 0.6 is 0 Å². The fourth-order valence-electron chi connectivity index (χ4n) is 2.24. The van der Waals surface area contributed by atoms with Crippen LogP contribution in [0.2, 0.25) is 0 Å². The zero-order valence-electron chi connectivity index (χ0n) is 15.2. The summed E-state index contributed by atoms with van der Waals surface area (Å²) >= 11 is 0. The molecule has 0 saturated heterocycles. The lowest BCUT2D eigenvalue weighted by Gasteiger charge is -2.11. The van der Waals surface area contributed by atoms with Gasteiger partial charge in [0.2, 0.25) is 0 Å². The molecule has 138 valence electrons. The summed E-state index contributed by atoms with van der Waals surface area (Å²) in [6.07, 6.45) is 1.03. The van der Waals surface area contributed by atoms with Crippen LogP contribution in [0.15, 0.2) is 48.5 Å². The predicted octanol–water partition coefficient (Wildman–Crippen LogP) is 3.37. The Morgan fingerprint density at radius 3 is 2.38 bits per heavy atom. The minimum absolute atomic E-state index is 0.188. The lowest BCUT2D eigenvalue weighted by molar-refractivity contribution is 0.102. The van der Waals surface area contributed by atoms with Crippen molar-refractivity contribution in [2.75, 3.05) is 17.6 Å². The van der Waals surface area contributed by atoms with Gasteiger partial charge in [-0.05, 0) is 35.7 Å². The molecule has 0 saturated carbocycles. The molecule has 26 heavy (non-hydrogen) atoms. The van der Waals surface area contributed by atoms with Crippen LogP contribution in [0.3, 0.4) is 0 Å². The average molecular weight is 354 g/mol. The number of hydrogen-bond acceptors (Lipinski definition) is 3. The van der Waals surface area contributed by atoms with Crippen molar-refractivity contribution in [3.8, 4) is 0 Å². The number of nitrogen functional groups attached to an aromatic ring is 1. The van der Waals surface area contributed by atoms with E-state index >= 15 is 0 Å². The molecule has 3 amide bonds. The van der Waals surface area contributed by atoms with Crippen molar-refractivity contribution >= 4 is 23.3 Å². The molecule has 0 aromatic heterocycles. The first kappa shape index (κ1) is 19.3. The number of rotatable bonds is 7. The van der Waals surface area contributed by atoms with E-state index in [1.54, 1.807) is 24.3 Å². The number of anilines is 2. The predicted molar refractivity (Wildman–Crippen MR) is 105 cm³/mol. The van der Waals surface area contributed by atoms with Crippen molar-refractivity contribution in [2.24, 2.45) is 5.92 Å². The number of carbonyl (C=O) groups is 2. The Morgan fingerprint density at radius 1 is 1.04 bits per heavy atom. The van der Waals surface area contributed by atoms with Crippen molar-refractivity contribution in [1.29, 1.82) is 0 Å². The molecule has 1 unspecified atom stereocenters. The maximum atomic E-state index is 12.3. The molecule has 2 aromatic carbocycles. The minimum atomic E-state index is -0.228. The first-order valence-corrected chi connectivity index (χ1v) is 8.76. The Bertz CT molecular complexity index is 744. The van der Waals surface area contributed by atoms with E-state index in [-0.39, 0.29) is 11.9 Å². The van der Waals surface area contributed by atoms with E-state index in [0.717, 1.165) is 12.0 Å². The highest BCUT2D eigenvalue weighted by Crippen LogP contribution is 2.18. The van der Waals surface area contributed by atoms with Gasteiger partial charge in [0.1, 0.15) is 0 Å². The van der Waals surface area contributed by atoms with E-state index in [0.29, 0.717) is 35.9 Å². The zero-order valence-corrected chi connectivity index (χ0v) is 15.2. The summed E-state index contributed by atoms with van der Waals surface area (Å²) in [4.78, 5) is 24.0. The summed E-state index contributed by atoms with van der Waals surface area (Å²) in [5.74, 6) is 0.228. The molecule has 6 nitrogen and oxygen atoms in total. The van der Waals surface area contributed by atoms with E-state index in [1.807, 2.05) is 24.3 Å². The molecule has 5 N–H and O–H groups in total. The van der Waals surface area contributed by atoms with Gasteiger partial charge in [0.25, 0.3) is 5.91 Å². The molecule has 2 aromatic rings. The molecule has 0 aliphatic heterocycles. The lowest BCUT2D eigenvalue weighted by atomic mass is 10.1. The molecule has 0 spiro atoms. The number of para-hydroxylation sites is 2. The molecule has 0 fully saturated rings. The number of amides is 3. The zero-order chi connectivity index (χ0) is 18.9. The van der Waals surface area contributed by atoms with Gasteiger partial charge in [-0.2, -0.15) is 0 Å². The summed E-state index contributed by atoms with van der Waals surface area (Å²) in [5.41, 5.74) is 8.38. The quantitative estimate of drug-likeness (QED) is 0.574. The maximum Gasteiger partial charge on any atom is 0.315 e. The first-order valence-electron chi connectivity index (χ1n) is 8.76. The third-order valence-corrected chi connectivity index (χ3v) is 4.19. The molecule has 0 aliphatic carbocycles. The Balaban J connectivity index is 1.85. The topological polar surface area (TPSA) is 96.2 Å². The normalized spacial score (nSPS) is 11.5. The summed E-state index contributed by atoms with van der Waals surface area (Å²) in [7, 11) is 0. The van der Waals surface area contributed by atoms with Gasteiger partial charge in [-0.25, -0.2) is 4.79 Å². The molecule has 6 heteroatoms. The largest absolute Gasteiger partial charge is 0.397 e. The SMILES string of the molecule is CCC(C)CNC(=O)NCc1ccc(C(=O)Nc2ccccc2N)cc1. The van der Waals surface area contributed by atoms with Gasteiger partial charge in [-0.1, -0.05) is 44.5 Å². The first-order chi connectivity index (χ1) is 12.5. The second-order valence-electron chi connectivity index (χ2n) is 6.32. The van der Waals surface area contributed by atoms with E-state index < -0.39 is 0 Å². The van der Waals surface area contributed by atoms with Gasteiger partial charge in [0.05, 0.1) is 11.4 Å². The third-order valence-electron chi connectivity index (χ3n) is 4.19. The maximum absolute atomic E-state index is 12.3. The molecule has 1 atom stereocenters. The molecule has 0 heterocycles. The van der Waals surface area contributed by atoms with Crippen LogP contribution < -0.4 is 21.7 Å². The number of hydrogen-bond donors (Lipinski definition) is 4. The van der Waals surface area contributed by atoms with Crippen LogP contribution in [-0.4, -0.2) is 18.5 Å². The molecule has 2 rings (SSSR count). The van der Waals surface area contributed by atoms with Gasteiger partial charge in [-0.3, -0.25) is 4.79 Å². The van der Waals surface area contributed by atoms with Crippen molar-refractivity contribution in [3.05, 3.63) is 59.7 Å². The van der Waals surface area contributed by atoms with Gasteiger partial charge in [0, 0.05) is 18.7 Å². The third kappa shape index (κ3) is 5.81. The minimum Gasteiger partial charge on any atom is -0.397 e. The second kappa shape index (κ2) is 9.46. The standard InChI is InChI=1S/C20H26N4O2/c1-3-14(2)12-22-20(26)23-13-15-8-10-16(11-9-15)19(25)24-18-7-5-4-6-17(18)21/h4-11,14H,3,12-13,21H2,1-2H3,(H,24,25)(H2,22,23,26). The number of benzene rings is 2. The molecule has 0 bridgehead atoms. The highest BCUT2D eigenvalue weighted by Gasteiger charge is 2.08. The van der Waals surface area contributed by atoms with E-state index in [1.165, 1.54) is 0 Å². The van der Waals surface area contributed by atoms with Crippen LogP contribution in [-0.2, 0) is 6.54 Å². The smallest absolute Gasteiger partial charge is 0.315 e. The van der Waals surface area contributed by atoms with Gasteiger partial charge >= 0.3 is 6.03 Å². The van der Waals surface area contributed by atoms with E-state index in [4.69, 9.17) is 5.73 Å². The van der Waals surface area contributed by atoms with Gasteiger partial charge in [-0.15, -0.1) is 0 Å². The van der Waals surface area contributed by atoms with Crippen molar-refractivity contribution in [1.82, 2.24) is 10.6 Å². The van der Waals surface area contributed by atoms with Crippen LogP contribution in [0, 0.1) is 5.92 Å². The van der Waals surface area contributed by atoms with E-state index in [9.17, 15) is 9.59 Å². The Labute approximate surface area is 154 Å².